The number of phenolic OH excluding ortho intramolecular Hbond substituents is 1. The first-order valence-electron chi connectivity index (χ1n) is 10.0. The second-order valence-corrected chi connectivity index (χ2v) is 7.72. The lowest BCUT2D eigenvalue weighted by atomic mass is 9.94. The van der Waals surface area contributed by atoms with Crippen LogP contribution in [0.1, 0.15) is 12.0 Å². The van der Waals surface area contributed by atoms with Gasteiger partial charge < -0.3 is 15.7 Å². The van der Waals surface area contributed by atoms with Crippen molar-refractivity contribution in [1.29, 1.82) is 0 Å². The van der Waals surface area contributed by atoms with Gasteiger partial charge in [-0.1, -0.05) is 36.4 Å². The molecule has 1 aliphatic carbocycles. The maximum Gasteiger partial charge on any atom is 0.248 e. The first-order chi connectivity index (χ1) is 14.4. The van der Waals surface area contributed by atoms with E-state index in [4.69, 9.17) is 11.6 Å². The van der Waals surface area contributed by atoms with Gasteiger partial charge in [-0.3, -0.25) is 20.7 Å². The molecule has 2 amide bonds. The fourth-order valence-corrected chi connectivity index (χ4v) is 3.85. The van der Waals surface area contributed by atoms with Gasteiger partial charge >= 0.3 is 0 Å². The third kappa shape index (κ3) is 5.35. The van der Waals surface area contributed by atoms with Crippen LogP contribution in [0.15, 0.2) is 60.7 Å². The number of aromatic hydroxyl groups is 1. The number of hydrazine groups is 1. The number of primary amides is 1. The molecule has 0 aromatic heterocycles. The molecule has 8 nitrogen and oxygen atoms in total. The van der Waals surface area contributed by atoms with E-state index in [9.17, 15) is 14.7 Å². The van der Waals surface area contributed by atoms with E-state index in [1.165, 1.54) is 0 Å². The highest BCUT2D eigenvalue weighted by Gasteiger charge is 2.36. The highest BCUT2D eigenvalue weighted by molar-refractivity contribution is 5.95. The smallest absolute Gasteiger partial charge is 0.248 e. The van der Waals surface area contributed by atoms with Crippen LogP contribution in [0.3, 0.4) is 0 Å². The predicted molar refractivity (Wildman–Crippen MR) is 115 cm³/mol. The lowest BCUT2D eigenvalue weighted by Crippen LogP contribution is -2.67. The summed E-state index contributed by atoms with van der Waals surface area (Å²) in [4.78, 5) is 26.5. The number of benzene rings is 1. The standard InChI is InChI=1S/C22H29N5O3/c1-2-10-27(24)20-14-26(13-16-4-3-5-17(11-16)21(23)29)22(30)19(25-20)12-15-6-8-18(28)9-7-15/h2-3,5-9,11,16,19-20,25,28H,1,4,10,12-14,24H2,(H2,23,29)/t16-,19-,20-/m0/s1. The van der Waals surface area contributed by atoms with Gasteiger partial charge in [-0.15, -0.1) is 6.58 Å². The molecule has 0 spiro atoms. The zero-order valence-electron chi connectivity index (χ0n) is 16.9. The summed E-state index contributed by atoms with van der Waals surface area (Å²) in [5, 5.41) is 14.5. The van der Waals surface area contributed by atoms with Crippen LogP contribution in [0.2, 0.25) is 0 Å². The average Bonchev–Trinajstić information content (AvgIpc) is 2.72. The lowest BCUT2D eigenvalue weighted by molar-refractivity contribution is -0.139. The van der Waals surface area contributed by atoms with Gasteiger partial charge in [-0.05, 0) is 36.5 Å². The summed E-state index contributed by atoms with van der Waals surface area (Å²) >= 11 is 0. The number of hydrogen-bond acceptors (Lipinski definition) is 6. The molecule has 1 saturated heterocycles. The zero-order valence-corrected chi connectivity index (χ0v) is 16.9. The Bertz CT molecular complexity index is 849. The Morgan fingerprint density at radius 3 is 2.77 bits per heavy atom. The molecule has 1 aromatic rings. The molecule has 3 atom stereocenters. The molecule has 1 heterocycles. The maximum absolute atomic E-state index is 13.2. The lowest BCUT2D eigenvalue weighted by Gasteiger charge is -2.42. The van der Waals surface area contributed by atoms with Gasteiger partial charge in [0.25, 0.3) is 0 Å². The van der Waals surface area contributed by atoms with Crippen LogP contribution in [0.4, 0.5) is 0 Å². The van der Waals surface area contributed by atoms with Crippen molar-refractivity contribution in [1.82, 2.24) is 15.2 Å². The van der Waals surface area contributed by atoms with E-state index < -0.39 is 11.9 Å². The summed E-state index contributed by atoms with van der Waals surface area (Å²) in [6.07, 6.45) is 8.16. The van der Waals surface area contributed by atoms with Crippen molar-refractivity contribution >= 4 is 11.8 Å². The van der Waals surface area contributed by atoms with Crippen LogP contribution in [0.5, 0.6) is 5.75 Å². The Labute approximate surface area is 176 Å². The molecule has 1 aromatic carbocycles. The number of amides is 2. The van der Waals surface area contributed by atoms with Gasteiger partial charge in [0.05, 0.1) is 18.8 Å². The van der Waals surface area contributed by atoms with Crippen LogP contribution in [0.25, 0.3) is 0 Å². The van der Waals surface area contributed by atoms with Crippen molar-refractivity contribution in [2.45, 2.75) is 25.0 Å². The van der Waals surface area contributed by atoms with E-state index in [0.717, 1.165) is 12.0 Å². The number of hydrogen-bond donors (Lipinski definition) is 4. The van der Waals surface area contributed by atoms with Crippen LogP contribution in [-0.4, -0.2) is 58.7 Å². The van der Waals surface area contributed by atoms with E-state index in [-0.39, 0.29) is 23.7 Å². The van der Waals surface area contributed by atoms with E-state index in [2.05, 4.69) is 11.9 Å². The molecule has 2 aliphatic rings. The van der Waals surface area contributed by atoms with Crippen LogP contribution in [0, 0.1) is 5.92 Å². The van der Waals surface area contributed by atoms with Gasteiger partial charge in [-0.2, -0.15) is 0 Å². The molecule has 0 unspecified atom stereocenters. The van der Waals surface area contributed by atoms with Gasteiger partial charge in [0.15, 0.2) is 0 Å². The van der Waals surface area contributed by atoms with Crippen molar-refractivity contribution in [2.24, 2.45) is 17.5 Å². The second kappa shape index (κ2) is 9.71. The van der Waals surface area contributed by atoms with Gasteiger partial charge in [-0.25, -0.2) is 5.01 Å². The van der Waals surface area contributed by atoms with Gasteiger partial charge in [0, 0.05) is 18.7 Å². The number of rotatable bonds is 8. The fraction of sp³-hybridized carbons (Fsp3) is 0.364. The Balaban J connectivity index is 1.77. The Morgan fingerprint density at radius 2 is 2.10 bits per heavy atom. The topological polar surface area (TPSA) is 125 Å². The summed E-state index contributed by atoms with van der Waals surface area (Å²) in [5.74, 6) is 5.89. The highest BCUT2D eigenvalue weighted by atomic mass is 16.3. The van der Waals surface area contributed by atoms with E-state index in [1.807, 2.05) is 12.2 Å². The minimum absolute atomic E-state index is 0.0140. The van der Waals surface area contributed by atoms with E-state index in [1.54, 1.807) is 46.3 Å². The molecule has 6 N–H and O–H groups in total. The summed E-state index contributed by atoms with van der Waals surface area (Å²) < 4.78 is 0. The van der Waals surface area contributed by atoms with Crippen molar-refractivity contribution in [3.63, 3.8) is 0 Å². The van der Waals surface area contributed by atoms with Crippen molar-refractivity contribution in [2.75, 3.05) is 19.6 Å². The molecule has 3 rings (SSSR count). The number of piperazine rings is 1. The number of nitrogens with two attached hydrogens (primary N) is 2. The number of allylic oxidation sites excluding steroid dienone is 1. The van der Waals surface area contributed by atoms with Gasteiger partial charge in [0.2, 0.25) is 11.8 Å². The molecule has 8 heteroatoms. The quantitative estimate of drug-likeness (QED) is 0.279. The fourth-order valence-electron chi connectivity index (χ4n) is 3.85. The zero-order chi connectivity index (χ0) is 21.7. The SMILES string of the molecule is C=CCN(N)[C@H]1CN(C[C@@H]2C=C(C(N)=O)C=CC2)C(=O)[C@H](Cc2ccc(O)cc2)N1. The highest BCUT2D eigenvalue weighted by Crippen LogP contribution is 2.21. The Morgan fingerprint density at radius 1 is 1.37 bits per heavy atom. The summed E-state index contributed by atoms with van der Waals surface area (Å²) in [6.45, 7) is 5.11. The van der Waals surface area contributed by atoms with Crippen LogP contribution >= 0.6 is 0 Å². The third-order valence-corrected chi connectivity index (χ3v) is 5.40. The molecule has 1 aliphatic heterocycles. The second-order valence-electron chi connectivity index (χ2n) is 7.72. The first kappa shape index (κ1) is 21.8. The summed E-state index contributed by atoms with van der Waals surface area (Å²) in [7, 11) is 0. The number of carbonyl (C=O) groups excluding carboxylic acids is 2. The molecular weight excluding hydrogens is 382 g/mol. The molecule has 1 fully saturated rings. The number of phenols is 1. The van der Waals surface area contributed by atoms with Crippen molar-refractivity contribution in [3.8, 4) is 5.75 Å². The average molecular weight is 412 g/mol. The summed E-state index contributed by atoms with van der Waals surface area (Å²) in [6, 6.07) is 6.36. The van der Waals surface area contributed by atoms with Crippen LogP contribution < -0.4 is 16.9 Å². The normalized spacial score (nSPS) is 24.1. The molecule has 30 heavy (non-hydrogen) atoms. The number of nitrogens with zero attached hydrogens (tertiary/aromatic N) is 2. The minimum Gasteiger partial charge on any atom is -0.508 e. The van der Waals surface area contributed by atoms with Crippen molar-refractivity contribution < 1.29 is 14.7 Å². The predicted octanol–water partition coefficient (Wildman–Crippen LogP) is 0.411. The largest absolute Gasteiger partial charge is 0.508 e. The molecular formula is C22H29N5O3. The summed E-state index contributed by atoms with van der Waals surface area (Å²) in [5.41, 5.74) is 6.81. The first-order valence-corrected chi connectivity index (χ1v) is 10.0. The third-order valence-electron chi connectivity index (χ3n) is 5.40. The molecule has 160 valence electrons. The van der Waals surface area contributed by atoms with Gasteiger partial charge in [0.1, 0.15) is 5.75 Å². The Hall–Kier alpha value is -2.94. The van der Waals surface area contributed by atoms with E-state index >= 15 is 0 Å². The number of nitrogens with one attached hydrogen (secondary N) is 1. The Kier molecular flexibility index (Phi) is 7.04. The van der Waals surface area contributed by atoms with Crippen molar-refractivity contribution in [3.05, 3.63) is 66.3 Å². The minimum atomic E-state index is -0.468. The molecule has 0 saturated carbocycles. The van der Waals surface area contributed by atoms with E-state index in [0.29, 0.717) is 31.6 Å². The number of carbonyl (C=O) groups is 2. The molecule has 0 radical (unpaired) electrons. The van der Waals surface area contributed by atoms with Crippen LogP contribution in [-0.2, 0) is 16.0 Å². The monoisotopic (exact) mass is 411 g/mol. The molecule has 0 bridgehead atoms. The maximum atomic E-state index is 13.2.